The number of aromatic amines is 1. The first-order chi connectivity index (χ1) is 10.3. The largest absolute Gasteiger partial charge is 0.494 e. The molecule has 1 N–H and O–H groups in total. The Balaban J connectivity index is 1.71. The lowest BCUT2D eigenvalue weighted by Crippen LogP contribution is -1.90. The highest BCUT2D eigenvalue weighted by molar-refractivity contribution is 7.98. The predicted octanol–water partition coefficient (Wildman–Crippen LogP) is 3.20. The van der Waals surface area contributed by atoms with Crippen LogP contribution in [0.5, 0.6) is 5.75 Å². The Hall–Kier alpha value is -2.02. The van der Waals surface area contributed by atoms with E-state index in [4.69, 9.17) is 9.15 Å². The summed E-state index contributed by atoms with van der Waals surface area (Å²) in [6, 6.07) is 5.83. The number of benzene rings is 1. The van der Waals surface area contributed by atoms with E-state index in [0.29, 0.717) is 24.1 Å². The molecule has 0 saturated carbocycles. The molecule has 0 aliphatic heterocycles. The second-order valence-corrected chi connectivity index (χ2v) is 5.35. The van der Waals surface area contributed by atoms with E-state index in [-0.39, 0.29) is 0 Å². The van der Waals surface area contributed by atoms with Gasteiger partial charge in [-0.3, -0.25) is 0 Å². The van der Waals surface area contributed by atoms with E-state index in [1.54, 1.807) is 0 Å². The first kappa shape index (κ1) is 13.9. The number of H-pyrrole nitrogens is 1. The van der Waals surface area contributed by atoms with Crippen LogP contribution in [0.3, 0.4) is 0 Å². The van der Waals surface area contributed by atoms with E-state index in [9.17, 15) is 0 Å². The van der Waals surface area contributed by atoms with E-state index in [1.165, 1.54) is 11.8 Å². The number of aryl methyl sites for hydroxylation is 1. The van der Waals surface area contributed by atoms with E-state index in [2.05, 4.69) is 20.2 Å². The van der Waals surface area contributed by atoms with Crippen molar-refractivity contribution < 1.29 is 9.15 Å². The summed E-state index contributed by atoms with van der Waals surface area (Å²) in [6.07, 6.45) is 0.752. The highest BCUT2D eigenvalue weighted by atomic mass is 32.2. The molecule has 0 fully saturated rings. The fraction of sp³-hybridized carbons (Fsp3) is 0.357. The van der Waals surface area contributed by atoms with E-state index in [0.717, 1.165) is 28.4 Å². The Morgan fingerprint density at radius 3 is 2.86 bits per heavy atom. The first-order valence-electron chi connectivity index (χ1n) is 6.85. The van der Waals surface area contributed by atoms with Gasteiger partial charge < -0.3 is 14.1 Å². The van der Waals surface area contributed by atoms with Crippen molar-refractivity contribution in [2.75, 3.05) is 6.61 Å². The molecule has 0 aliphatic rings. The van der Waals surface area contributed by atoms with Gasteiger partial charge in [-0.05, 0) is 19.1 Å². The van der Waals surface area contributed by atoms with Crippen molar-refractivity contribution in [2.24, 2.45) is 0 Å². The van der Waals surface area contributed by atoms with E-state index < -0.39 is 0 Å². The zero-order valence-electron chi connectivity index (χ0n) is 11.9. The Morgan fingerprint density at radius 2 is 2.10 bits per heavy atom. The summed E-state index contributed by atoms with van der Waals surface area (Å²) in [5.74, 6) is 2.73. The number of aromatic nitrogens is 4. The number of thioether (sulfide) groups is 1. The maximum Gasteiger partial charge on any atom is 0.226 e. The maximum atomic E-state index is 5.48. The van der Waals surface area contributed by atoms with E-state index in [1.807, 2.05) is 32.0 Å². The molecule has 3 aromatic rings. The van der Waals surface area contributed by atoms with Crippen LogP contribution in [-0.2, 0) is 12.2 Å². The molecule has 0 bridgehead atoms. The normalized spacial score (nSPS) is 11.1. The highest BCUT2D eigenvalue weighted by Crippen LogP contribution is 2.25. The van der Waals surface area contributed by atoms with Crippen molar-refractivity contribution in [3.05, 3.63) is 30.0 Å². The molecule has 2 heterocycles. The molecule has 0 radical (unpaired) electrons. The van der Waals surface area contributed by atoms with Crippen molar-refractivity contribution in [1.29, 1.82) is 0 Å². The van der Waals surface area contributed by atoms with Gasteiger partial charge in [-0.25, -0.2) is 4.98 Å². The van der Waals surface area contributed by atoms with Crippen molar-refractivity contribution in [3.63, 3.8) is 0 Å². The second-order valence-electron chi connectivity index (χ2n) is 4.39. The molecule has 2 aromatic heterocycles. The van der Waals surface area contributed by atoms with Gasteiger partial charge in [0.2, 0.25) is 11.8 Å². The van der Waals surface area contributed by atoms with Crippen LogP contribution in [-0.4, -0.2) is 26.8 Å². The summed E-state index contributed by atoms with van der Waals surface area (Å²) in [5, 5.41) is 8.77. The number of hydrogen-bond acceptors (Lipinski definition) is 6. The summed E-state index contributed by atoms with van der Waals surface area (Å²) < 4.78 is 11.0. The standard InChI is InChI=1S/C14H16N4O2S/c1-3-12-17-18-13(20-12)8-21-14-15-10-6-5-9(19-4-2)7-11(10)16-14/h5-7H,3-4,8H2,1-2H3,(H,15,16). The van der Waals surface area contributed by atoms with Gasteiger partial charge in [0.25, 0.3) is 0 Å². The molecule has 0 amide bonds. The number of hydrogen-bond donors (Lipinski definition) is 1. The third-order valence-corrected chi connectivity index (χ3v) is 3.74. The number of fused-ring (bicyclic) bond motifs is 1. The Bertz CT molecular complexity index is 737. The van der Waals surface area contributed by atoms with Gasteiger partial charge in [-0.2, -0.15) is 0 Å². The van der Waals surface area contributed by atoms with Crippen molar-refractivity contribution >= 4 is 22.8 Å². The maximum absolute atomic E-state index is 5.48. The van der Waals surface area contributed by atoms with Crippen LogP contribution in [0, 0.1) is 0 Å². The van der Waals surface area contributed by atoms with Crippen LogP contribution in [0.4, 0.5) is 0 Å². The average Bonchev–Trinajstić information content (AvgIpc) is 3.11. The molecular weight excluding hydrogens is 288 g/mol. The fourth-order valence-corrected chi connectivity index (χ4v) is 2.63. The summed E-state index contributed by atoms with van der Waals surface area (Å²) >= 11 is 1.54. The number of nitrogens with one attached hydrogen (secondary N) is 1. The van der Waals surface area contributed by atoms with Crippen LogP contribution < -0.4 is 4.74 Å². The Labute approximate surface area is 126 Å². The van der Waals surface area contributed by atoms with Gasteiger partial charge in [-0.15, -0.1) is 10.2 Å². The molecule has 0 atom stereocenters. The van der Waals surface area contributed by atoms with Gasteiger partial charge in [-0.1, -0.05) is 18.7 Å². The summed E-state index contributed by atoms with van der Waals surface area (Å²) in [5.41, 5.74) is 1.88. The van der Waals surface area contributed by atoms with E-state index >= 15 is 0 Å². The molecule has 110 valence electrons. The number of nitrogens with zero attached hydrogens (tertiary/aromatic N) is 3. The lowest BCUT2D eigenvalue weighted by molar-refractivity contribution is 0.340. The molecule has 0 saturated heterocycles. The zero-order chi connectivity index (χ0) is 14.7. The Morgan fingerprint density at radius 1 is 1.24 bits per heavy atom. The predicted molar refractivity (Wildman–Crippen MR) is 80.5 cm³/mol. The lowest BCUT2D eigenvalue weighted by atomic mass is 10.3. The Kier molecular flexibility index (Phi) is 4.10. The third kappa shape index (κ3) is 3.18. The molecule has 0 unspecified atom stereocenters. The average molecular weight is 304 g/mol. The monoisotopic (exact) mass is 304 g/mol. The van der Waals surface area contributed by atoms with Gasteiger partial charge in [0.15, 0.2) is 5.16 Å². The van der Waals surface area contributed by atoms with Crippen LogP contribution in [0.2, 0.25) is 0 Å². The van der Waals surface area contributed by atoms with Crippen LogP contribution >= 0.6 is 11.8 Å². The molecule has 0 spiro atoms. The molecule has 0 aliphatic carbocycles. The highest BCUT2D eigenvalue weighted by Gasteiger charge is 2.08. The molecule has 21 heavy (non-hydrogen) atoms. The zero-order valence-corrected chi connectivity index (χ0v) is 12.7. The summed E-state index contributed by atoms with van der Waals surface area (Å²) in [7, 11) is 0. The third-order valence-electron chi connectivity index (χ3n) is 2.89. The number of rotatable bonds is 6. The fourth-order valence-electron chi connectivity index (χ4n) is 1.91. The minimum atomic E-state index is 0.602. The van der Waals surface area contributed by atoms with Crippen molar-refractivity contribution in [3.8, 4) is 5.75 Å². The lowest BCUT2D eigenvalue weighted by Gasteiger charge is -2.00. The first-order valence-corrected chi connectivity index (χ1v) is 7.83. The molecular formula is C14H16N4O2S. The van der Waals surface area contributed by atoms with Gasteiger partial charge in [0.05, 0.1) is 23.4 Å². The summed E-state index contributed by atoms with van der Waals surface area (Å²) in [4.78, 5) is 7.79. The van der Waals surface area contributed by atoms with Gasteiger partial charge in [0.1, 0.15) is 5.75 Å². The number of imidazole rings is 1. The van der Waals surface area contributed by atoms with Crippen LogP contribution in [0.15, 0.2) is 27.8 Å². The van der Waals surface area contributed by atoms with Crippen LogP contribution in [0.25, 0.3) is 11.0 Å². The van der Waals surface area contributed by atoms with Crippen molar-refractivity contribution in [1.82, 2.24) is 20.2 Å². The second kappa shape index (κ2) is 6.17. The molecule has 7 heteroatoms. The molecule has 6 nitrogen and oxygen atoms in total. The number of ether oxygens (including phenoxy) is 1. The SMILES string of the molecule is CCOc1ccc2nc(SCc3nnc(CC)o3)[nH]c2c1. The minimum absolute atomic E-state index is 0.602. The van der Waals surface area contributed by atoms with Crippen molar-refractivity contribution in [2.45, 2.75) is 31.2 Å². The van der Waals surface area contributed by atoms with Crippen LogP contribution in [0.1, 0.15) is 25.6 Å². The topological polar surface area (TPSA) is 76.8 Å². The van der Waals surface area contributed by atoms with Gasteiger partial charge >= 0.3 is 0 Å². The summed E-state index contributed by atoms with van der Waals surface area (Å²) in [6.45, 7) is 4.60. The minimum Gasteiger partial charge on any atom is -0.494 e. The smallest absolute Gasteiger partial charge is 0.226 e. The van der Waals surface area contributed by atoms with Gasteiger partial charge in [0, 0.05) is 12.5 Å². The molecule has 3 rings (SSSR count). The molecule has 1 aromatic carbocycles. The quantitative estimate of drug-likeness (QED) is 0.705.